The van der Waals surface area contributed by atoms with Crippen LogP contribution in [0.1, 0.15) is 24.8 Å². The molecule has 0 N–H and O–H groups in total. The number of thiazole rings is 1. The lowest BCUT2D eigenvalue weighted by molar-refractivity contribution is -0.132. The number of para-hydroxylation sites is 2. The van der Waals surface area contributed by atoms with Gasteiger partial charge in [0, 0.05) is 25.9 Å². The second-order valence-electron chi connectivity index (χ2n) is 7.51. The first kappa shape index (κ1) is 18.0. The Bertz CT molecular complexity index is 975. The van der Waals surface area contributed by atoms with E-state index in [0.717, 1.165) is 54.4 Å². The van der Waals surface area contributed by atoms with E-state index in [1.54, 1.807) is 23.1 Å². The SMILES string of the molecule is O=C(CSc1nc2ccccc2s1)N1CCC2(CCc3ccccc3O2)CC1. The molecule has 3 heterocycles. The highest BCUT2D eigenvalue weighted by molar-refractivity contribution is 8.01. The van der Waals surface area contributed by atoms with Crippen molar-refractivity contribution in [2.24, 2.45) is 0 Å². The Labute approximate surface area is 172 Å². The van der Waals surface area contributed by atoms with E-state index >= 15 is 0 Å². The van der Waals surface area contributed by atoms with Crippen molar-refractivity contribution in [3.05, 3.63) is 54.1 Å². The molecule has 1 saturated heterocycles. The number of ether oxygens (including phenoxy) is 1. The molecule has 1 amide bonds. The molecule has 0 aliphatic carbocycles. The molecule has 1 aromatic heterocycles. The molecule has 2 aliphatic rings. The van der Waals surface area contributed by atoms with Gasteiger partial charge in [0.25, 0.3) is 0 Å². The zero-order valence-corrected chi connectivity index (χ0v) is 17.2. The molecule has 144 valence electrons. The summed E-state index contributed by atoms with van der Waals surface area (Å²) in [6.07, 6.45) is 3.95. The lowest BCUT2D eigenvalue weighted by Gasteiger charge is -2.44. The van der Waals surface area contributed by atoms with Crippen LogP contribution < -0.4 is 4.74 Å². The molecular weight excluding hydrogens is 388 g/mol. The molecule has 1 spiro atoms. The molecule has 0 atom stereocenters. The van der Waals surface area contributed by atoms with E-state index in [0.29, 0.717) is 5.75 Å². The van der Waals surface area contributed by atoms with Crippen LogP contribution in [0.5, 0.6) is 5.75 Å². The molecule has 2 aliphatic heterocycles. The lowest BCUT2D eigenvalue weighted by atomic mass is 9.83. The number of thioether (sulfide) groups is 1. The van der Waals surface area contributed by atoms with Crippen LogP contribution in [0.25, 0.3) is 10.2 Å². The Morgan fingerprint density at radius 1 is 1.11 bits per heavy atom. The van der Waals surface area contributed by atoms with Gasteiger partial charge in [-0.05, 0) is 36.6 Å². The van der Waals surface area contributed by atoms with Crippen molar-refractivity contribution in [3.8, 4) is 5.75 Å². The van der Waals surface area contributed by atoms with Crippen LogP contribution in [0.3, 0.4) is 0 Å². The van der Waals surface area contributed by atoms with Gasteiger partial charge in [0.05, 0.1) is 16.0 Å². The number of aryl methyl sites for hydroxylation is 1. The van der Waals surface area contributed by atoms with Crippen LogP contribution in [0.15, 0.2) is 52.9 Å². The zero-order valence-electron chi connectivity index (χ0n) is 15.6. The molecule has 5 rings (SSSR count). The number of nitrogens with zero attached hydrogens (tertiary/aromatic N) is 2. The average Bonchev–Trinajstić information content (AvgIpc) is 3.15. The third kappa shape index (κ3) is 3.51. The van der Waals surface area contributed by atoms with Crippen LogP contribution in [-0.2, 0) is 11.2 Å². The van der Waals surface area contributed by atoms with E-state index in [9.17, 15) is 4.79 Å². The molecule has 0 radical (unpaired) electrons. The number of likely N-dealkylation sites (tertiary alicyclic amines) is 1. The van der Waals surface area contributed by atoms with E-state index in [1.807, 2.05) is 29.2 Å². The predicted octanol–water partition coefficient (Wildman–Crippen LogP) is 4.77. The number of amides is 1. The van der Waals surface area contributed by atoms with Crippen LogP contribution in [0.4, 0.5) is 0 Å². The van der Waals surface area contributed by atoms with Gasteiger partial charge in [0.1, 0.15) is 11.4 Å². The van der Waals surface area contributed by atoms with Gasteiger partial charge >= 0.3 is 0 Å². The van der Waals surface area contributed by atoms with E-state index in [2.05, 4.69) is 29.2 Å². The quantitative estimate of drug-likeness (QED) is 0.583. The van der Waals surface area contributed by atoms with E-state index in [4.69, 9.17) is 4.74 Å². The van der Waals surface area contributed by atoms with E-state index < -0.39 is 0 Å². The Morgan fingerprint density at radius 2 is 1.89 bits per heavy atom. The number of carbonyl (C=O) groups excluding carboxylic acids is 1. The molecule has 2 aromatic carbocycles. The molecule has 4 nitrogen and oxygen atoms in total. The summed E-state index contributed by atoms with van der Waals surface area (Å²) in [6, 6.07) is 16.4. The molecule has 0 saturated carbocycles. The summed E-state index contributed by atoms with van der Waals surface area (Å²) in [5, 5.41) is 0. The maximum atomic E-state index is 12.7. The van der Waals surface area contributed by atoms with Gasteiger partial charge in [0.2, 0.25) is 5.91 Å². The summed E-state index contributed by atoms with van der Waals surface area (Å²) in [4.78, 5) is 19.3. The maximum Gasteiger partial charge on any atom is 0.233 e. The minimum atomic E-state index is -0.0920. The Hall–Kier alpha value is -2.05. The first-order valence-electron chi connectivity index (χ1n) is 9.74. The number of hydrogen-bond donors (Lipinski definition) is 0. The molecule has 1 fully saturated rings. The van der Waals surface area contributed by atoms with Crippen LogP contribution in [-0.4, -0.2) is 40.2 Å². The topological polar surface area (TPSA) is 42.4 Å². The monoisotopic (exact) mass is 410 g/mol. The van der Waals surface area contributed by atoms with Gasteiger partial charge in [-0.25, -0.2) is 4.98 Å². The first-order chi connectivity index (χ1) is 13.7. The second kappa shape index (κ2) is 7.41. The number of fused-ring (bicyclic) bond motifs is 2. The van der Waals surface area contributed by atoms with Gasteiger partial charge in [-0.2, -0.15) is 0 Å². The second-order valence-corrected chi connectivity index (χ2v) is 9.76. The summed E-state index contributed by atoms with van der Waals surface area (Å²) in [6.45, 7) is 1.56. The largest absolute Gasteiger partial charge is 0.487 e. The van der Waals surface area contributed by atoms with E-state index in [-0.39, 0.29) is 11.5 Å². The third-order valence-electron chi connectivity index (χ3n) is 5.77. The first-order valence-corrected chi connectivity index (χ1v) is 11.5. The van der Waals surface area contributed by atoms with Gasteiger partial charge in [-0.3, -0.25) is 4.79 Å². The van der Waals surface area contributed by atoms with E-state index in [1.165, 1.54) is 10.3 Å². The lowest BCUT2D eigenvalue weighted by Crippen LogP contribution is -2.51. The van der Waals surface area contributed by atoms with Crippen molar-refractivity contribution in [3.63, 3.8) is 0 Å². The summed E-state index contributed by atoms with van der Waals surface area (Å²) >= 11 is 3.21. The molecule has 6 heteroatoms. The van der Waals surface area contributed by atoms with Crippen LogP contribution in [0, 0.1) is 0 Å². The number of aromatic nitrogens is 1. The number of benzene rings is 2. The summed E-state index contributed by atoms with van der Waals surface area (Å²) in [5.41, 5.74) is 2.22. The highest BCUT2D eigenvalue weighted by atomic mass is 32.2. The molecule has 0 bridgehead atoms. The predicted molar refractivity (Wildman–Crippen MR) is 114 cm³/mol. The van der Waals surface area contributed by atoms with Crippen molar-refractivity contribution in [1.82, 2.24) is 9.88 Å². The average molecular weight is 411 g/mol. The summed E-state index contributed by atoms with van der Waals surface area (Å²) < 4.78 is 8.54. The normalized spacial score (nSPS) is 18.1. The number of piperidine rings is 1. The van der Waals surface area contributed by atoms with Crippen molar-refractivity contribution in [1.29, 1.82) is 0 Å². The number of rotatable bonds is 3. The number of hydrogen-bond acceptors (Lipinski definition) is 5. The maximum absolute atomic E-state index is 12.7. The van der Waals surface area contributed by atoms with Crippen molar-refractivity contribution in [2.45, 2.75) is 35.6 Å². The van der Waals surface area contributed by atoms with Crippen molar-refractivity contribution < 1.29 is 9.53 Å². The van der Waals surface area contributed by atoms with Gasteiger partial charge in [-0.1, -0.05) is 42.1 Å². The molecule has 3 aromatic rings. The highest BCUT2D eigenvalue weighted by Crippen LogP contribution is 2.39. The van der Waals surface area contributed by atoms with Crippen LogP contribution >= 0.6 is 23.1 Å². The smallest absolute Gasteiger partial charge is 0.233 e. The molecule has 0 unspecified atom stereocenters. The number of carbonyl (C=O) groups is 1. The Morgan fingerprint density at radius 3 is 2.75 bits per heavy atom. The molecule has 28 heavy (non-hydrogen) atoms. The van der Waals surface area contributed by atoms with Crippen molar-refractivity contribution >= 4 is 39.2 Å². The Balaban J connectivity index is 1.17. The summed E-state index contributed by atoms with van der Waals surface area (Å²) in [5.74, 6) is 1.69. The highest BCUT2D eigenvalue weighted by Gasteiger charge is 2.40. The summed E-state index contributed by atoms with van der Waals surface area (Å²) in [7, 11) is 0. The Kier molecular flexibility index (Phi) is 4.77. The van der Waals surface area contributed by atoms with Gasteiger partial charge in [0.15, 0.2) is 4.34 Å². The van der Waals surface area contributed by atoms with Crippen molar-refractivity contribution in [2.75, 3.05) is 18.8 Å². The van der Waals surface area contributed by atoms with Crippen LogP contribution in [0.2, 0.25) is 0 Å². The molecular formula is C22H22N2O2S2. The minimum Gasteiger partial charge on any atom is -0.487 e. The fourth-order valence-corrected chi connectivity index (χ4v) is 6.07. The van der Waals surface area contributed by atoms with Gasteiger partial charge in [-0.15, -0.1) is 11.3 Å². The zero-order chi connectivity index (χ0) is 19.0. The fourth-order valence-electron chi connectivity index (χ4n) is 4.10. The minimum absolute atomic E-state index is 0.0920. The third-order valence-corrected chi connectivity index (χ3v) is 7.93. The standard InChI is InChI=1S/C22H22N2O2S2/c25-20(15-27-21-23-17-6-2-4-8-19(17)28-21)24-13-11-22(12-14-24)10-9-16-5-1-3-7-18(16)26-22/h1-8H,9-15H2. The van der Waals surface area contributed by atoms with Gasteiger partial charge < -0.3 is 9.64 Å². The fraction of sp³-hybridized carbons (Fsp3) is 0.364.